The average molecular weight is 893 g/mol. The summed E-state index contributed by atoms with van der Waals surface area (Å²) in [5.41, 5.74) is 6.47. The molecule has 2 aliphatic rings. The Morgan fingerprint density at radius 3 is 2.25 bits per heavy atom. The highest BCUT2D eigenvalue weighted by Crippen LogP contribution is 2.34. The van der Waals surface area contributed by atoms with Gasteiger partial charge in [-0.15, -0.1) is 0 Å². The number of hydrogen-bond donors (Lipinski definition) is 3. The summed E-state index contributed by atoms with van der Waals surface area (Å²) >= 11 is 0. The highest BCUT2D eigenvalue weighted by atomic mass is 16.5. The normalized spacial score (nSPS) is 14.8. The molecule has 0 bridgehead atoms. The van der Waals surface area contributed by atoms with E-state index < -0.39 is 5.97 Å². The molecule has 0 spiro atoms. The number of pyridine rings is 1. The predicted molar refractivity (Wildman–Crippen MR) is 250 cm³/mol. The molecular weight excluding hydrogens is 829 g/mol. The maximum Gasteiger partial charge on any atom is 0.305 e. The van der Waals surface area contributed by atoms with E-state index >= 15 is 0 Å². The lowest BCUT2D eigenvalue weighted by Crippen LogP contribution is -2.39. The van der Waals surface area contributed by atoms with Crippen molar-refractivity contribution in [2.45, 2.75) is 51.0 Å². The van der Waals surface area contributed by atoms with Crippen molar-refractivity contribution in [1.29, 1.82) is 0 Å². The van der Waals surface area contributed by atoms with Crippen LogP contribution in [0.4, 0.5) is 11.4 Å². The maximum absolute atomic E-state index is 14.0. The lowest BCUT2D eigenvalue weighted by molar-refractivity contribution is -0.138. The van der Waals surface area contributed by atoms with Crippen LogP contribution in [0.3, 0.4) is 0 Å². The molecule has 0 saturated carbocycles. The number of anilines is 2. The topological polar surface area (TPSA) is 172 Å². The molecule has 0 unspecified atom stereocenters. The van der Waals surface area contributed by atoms with Crippen LogP contribution in [-0.2, 0) is 30.2 Å². The molecule has 3 N–H and O–H groups in total. The van der Waals surface area contributed by atoms with E-state index in [2.05, 4.69) is 32.6 Å². The van der Waals surface area contributed by atoms with Gasteiger partial charge in [0, 0.05) is 87.6 Å². The van der Waals surface area contributed by atoms with Gasteiger partial charge in [-0.3, -0.25) is 29.1 Å². The number of likely N-dealkylation sites (N-methyl/N-ethyl adjacent to an activating group) is 1. The van der Waals surface area contributed by atoms with Crippen LogP contribution in [0.5, 0.6) is 0 Å². The first-order chi connectivity index (χ1) is 31.7. The van der Waals surface area contributed by atoms with Gasteiger partial charge in [0.2, 0.25) is 0 Å². The quantitative estimate of drug-likeness (QED) is 0.0632. The Hall–Kier alpha value is -5.71. The molecule has 1 aliphatic heterocycles. The fourth-order valence-corrected chi connectivity index (χ4v) is 8.12. The summed E-state index contributed by atoms with van der Waals surface area (Å²) in [6, 6.07) is 24.4. The minimum atomic E-state index is -0.896. The van der Waals surface area contributed by atoms with Gasteiger partial charge in [-0.25, -0.2) is 0 Å². The van der Waals surface area contributed by atoms with Crippen LogP contribution in [-0.4, -0.2) is 143 Å². The highest BCUT2D eigenvalue weighted by Gasteiger charge is 2.24. The van der Waals surface area contributed by atoms with E-state index in [0.29, 0.717) is 99.5 Å². The first-order valence-electron chi connectivity index (χ1n) is 22.8. The third-order valence-electron chi connectivity index (χ3n) is 11.8. The third-order valence-corrected chi connectivity index (χ3v) is 11.8. The molecule has 3 aromatic carbocycles. The molecule has 3 amide bonds. The van der Waals surface area contributed by atoms with E-state index in [1.807, 2.05) is 30.3 Å². The second kappa shape index (κ2) is 25.7. The van der Waals surface area contributed by atoms with E-state index in [4.69, 9.17) is 29.0 Å². The summed E-state index contributed by atoms with van der Waals surface area (Å²) in [5, 5.41) is 15.0. The molecule has 348 valence electrons. The van der Waals surface area contributed by atoms with Crippen LogP contribution in [0.2, 0.25) is 0 Å². The molecular formula is C50H64N6O9. The number of benzene rings is 3. The van der Waals surface area contributed by atoms with Crippen molar-refractivity contribution in [3.8, 4) is 11.3 Å². The summed E-state index contributed by atoms with van der Waals surface area (Å²) < 4.78 is 21.8. The van der Waals surface area contributed by atoms with Crippen molar-refractivity contribution in [3.63, 3.8) is 0 Å². The van der Waals surface area contributed by atoms with E-state index in [0.717, 1.165) is 56.4 Å². The molecule has 1 atom stereocenters. The van der Waals surface area contributed by atoms with Gasteiger partial charge in [-0.2, -0.15) is 0 Å². The van der Waals surface area contributed by atoms with Gasteiger partial charge in [0.25, 0.3) is 17.7 Å². The van der Waals surface area contributed by atoms with Crippen LogP contribution >= 0.6 is 0 Å². The summed E-state index contributed by atoms with van der Waals surface area (Å²) in [6.45, 7) is 6.80. The summed E-state index contributed by atoms with van der Waals surface area (Å²) in [7, 11) is 3.39. The van der Waals surface area contributed by atoms with Crippen molar-refractivity contribution in [3.05, 3.63) is 113 Å². The zero-order valence-electron chi connectivity index (χ0n) is 37.8. The second-order valence-electron chi connectivity index (χ2n) is 16.4. The largest absolute Gasteiger partial charge is 0.481 e. The molecule has 2 heterocycles. The number of nitrogens with zero attached hydrogens (tertiary/aromatic N) is 4. The molecule has 65 heavy (non-hydrogen) atoms. The standard InChI is InChI=1S/C50H64N6O9/c1-54(23-24-55(25-28-62-2)26-29-64-31-33-65-32-30-63-27-19-47(57)58)50(61)40-13-8-12-38(34-40)48(59)53-45-17-16-41(56-21-6-3-7-22-56)36-43(45)46-35-39(18-20-51-46)49(60)52-44-15-9-11-37-10-4-5-14-42(37)44/h4-5,8,10,12-14,16-18,20,34-36,44H,3,6-7,9,11,15,19,21-33H2,1-2H3,(H,52,60)(H,53,59)(H,57,58)/t44-/m0/s1. The number of piperidine rings is 1. The van der Waals surface area contributed by atoms with Gasteiger partial charge >= 0.3 is 5.97 Å². The number of ether oxygens (including phenoxy) is 4. The van der Waals surface area contributed by atoms with Crippen LogP contribution < -0.4 is 15.5 Å². The van der Waals surface area contributed by atoms with E-state index in [-0.39, 0.29) is 36.8 Å². The summed E-state index contributed by atoms with van der Waals surface area (Å²) in [5.74, 6) is -1.66. The molecule has 1 aromatic heterocycles. The third kappa shape index (κ3) is 14.9. The number of hydrogen-bond acceptors (Lipinski definition) is 11. The second-order valence-corrected chi connectivity index (χ2v) is 16.4. The molecule has 1 aliphatic carbocycles. The van der Waals surface area contributed by atoms with Crippen LogP contribution in [0, 0.1) is 0 Å². The Morgan fingerprint density at radius 1 is 0.738 bits per heavy atom. The number of methoxy groups -OCH3 is 1. The number of aromatic nitrogens is 1. The van der Waals surface area contributed by atoms with Crippen molar-refractivity contribution >= 4 is 35.1 Å². The number of nitrogens with one attached hydrogen (secondary N) is 2. The number of fused-ring (bicyclic) bond motifs is 1. The van der Waals surface area contributed by atoms with Gasteiger partial charge in [0.1, 0.15) is 0 Å². The number of carboxylic acid groups (broad SMARTS) is 1. The predicted octanol–water partition coefficient (Wildman–Crippen LogP) is 6.34. The first kappa shape index (κ1) is 48.7. The Bertz CT molecular complexity index is 2180. The number of carboxylic acids is 1. The highest BCUT2D eigenvalue weighted by molar-refractivity contribution is 6.08. The molecule has 4 aromatic rings. The van der Waals surface area contributed by atoms with Gasteiger partial charge in [0.15, 0.2) is 0 Å². The molecule has 1 saturated heterocycles. The number of carbonyl (C=O) groups excluding carboxylic acids is 3. The van der Waals surface area contributed by atoms with Crippen molar-refractivity contribution in [1.82, 2.24) is 20.1 Å². The monoisotopic (exact) mass is 892 g/mol. The fraction of sp³-hybridized carbons (Fsp3) is 0.460. The molecule has 15 heteroatoms. The van der Waals surface area contributed by atoms with Crippen molar-refractivity contribution in [2.24, 2.45) is 0 Å². The van der Waals surface area contributed by atoms with Crippen LogP contribution in [0.25, 0.3) is 11.3 Å². The van der Waals surface area contributed by atoms with Crippen LogP contribution in [0.15, 0.2) is 85.1 Å². The van der Waals surface area contributed by atoms with E-state index in [9.17, 15) is 19.2 Å². The smallest absolute Gasteiger partial charge is 0.305 e. The number of rotatable bonds is 25. The van der Waals surface area contributed by atoms with Crippen molar-refractivity contribution < 1.29 is 43.2 Å². The average Bonchev–Trinajstić information content (AvgIpc) is 3.33. The zero-order valence-corrected chi connectivity index (χ0v) is 37.8. The lowest BCUT2D eigenvalue weighted by Gasteiger charge is -2.29. The van der Waals surface area contributed by atoms with Gasteiger partial charge in [-0.05, 0) is 98.2 Å². The molecule has 1 fully saturated rings. The van der Waals surface area contributed by atoms with Gasteiger partial charge < -0.3 is 44.5 Å². The maximum atomic E-state index is 14.0. The molecule has 0 radical (unpaired) electrons. The van der Waals surface area contributed by atoms with Crippen molar-refractivity contribution in [2.75, 3.05) is 110 Å². The minimum Gasteiger partial charge on any atom is -0.481 e. The minimum absolute atomic E-state index is 0.0355. The van der Waals surface area contributed by atoms with Gasteiger partial charge in [0.05, 0.1) is 70.1 Å². The number of carbonyl (C=O) groups is 4. The Kier molecular flexibility index (Phi) is 19.3. The Labute approximate surface area is 382 Å². The number of amides is 3. The number of aryl methyl sites for hydroxylation is 1. The van der Waals surface area contributed by atoms with E-state index in [1.54, 1.807) is 61.7 Å². The number of aliphatic carboxylic acids is 1. The van der Waals surface area contributed by atoms with Crippen LogP contribution in [0.1, 0.15) is 86.8 Å². The summed E-state index contributed by atoms with van der Waals surface area (Å²) in [4.78, 5) is 62.9. The fourth-order valence-electron chi connectivity index (χ4n) is 8.12. The molecule has 6 rings (SSSR count). The SMILES string of the molecule is COCCN(CCOCCOCCOCCC(=O)O)CCN(C)C(=O)c1cccc(C(=O)Nc2ccc(N3CCCCC3)cc2-c2cc(C(=O)N[C@H]3CCCc4ccccc43)ccn2)c1. The lowest BCUT2D eigenvalue weighted by atomic mass is 9.87. The zero-order chi connectivity index (χ0) is 45.8. The Balaban J connectivity index is 1.07. The summed E-state index contributed by atoms with van der Waals surface area (Å²) in [6.07, 6.45) is 7.89. The van der Waals surface area contributed by atoms with E-state index in [1.165, 1.54) is 12.0 Å². The van der Waals surface area contributed by atoms with Gasteiger partial charge in [-0.1, -0.05) is 30.3 Å². The Morgan fingerprint density at radius 2 is 1.46 bits per heavy atom. The molecule has 15 nitrogen and oxygen atoms in total. The first-order valence-corrected chi connectivity index (χ1v) is 22.8.